The van der Waals surface area contributed by atoms with Crippen molar-refractivity contribution in [1.29, 1.82) is 0 Å². The Balaban J connectivity index is 1.51. The second-order valence-corrected chi connectivity index (χ2v) is 11.3. The fraction of sp³-hybridized carbons (Fsp3) is 0.294. The molecule has 0 bridgehead atoms. The van der Waals surface area contributed by atoms with Crippen LogP contribution in [0.5, 0.6) is 5.75 Å². The number of carbonyl (C=O) groups is 1. The molecule has 1 aliphatic heterocycles. The molecule has 0 saturated carbocycles. The lowest BCUT2D eigenvalue weighted by Gasteiger charge is -2.21. The number of amides is 1. The molecule has 9 heteroatoms. The van der Waals surface area contributed by atoms with Gasteiger partial charge in [-0.1, -0.05) is 23.7 Å². The Bertz CT molecular complexity index is 1710. The predicted octanol–water partition coefficient (Wildman–Crippen LogP) is 7.81. The molecule has 1 aliphatic rings. The number of rotatable bonds is 8. The Hall–Kier alpha value is -4.17. The number of ether oxygens (including phenoxy) is 1. The summed E-state index contributed by atoms with van der Waals surface area (Å²) in [5, 5.41) is 3.51. The standard InChI is InChI=1S/C34H33ClF2N4O2/c1-18-13-25(14-19(2)31(18)40-21(4)20(3)36)34(42)39-17-28(23-7-6-8-26(37)15-23)29-16-24-10-12-43-33(24)32(41-29)27-9-11-38-22(5)30(27)35/h6-9,11,13-16,20,28H,10,12,17H2,1-5H3,(H,39,42). The minimum atomic E-state index is -1.17. The van der Waals surface area contributed by atoms with Crippen molar-refractivity contribution in [3.05, 3.63) is 105 Å². The van der Waals surface area contributed by atoms with Crippen LogP contribution in [-0.4, -0.2) is 40.9 Å². The number of fused-ring (bicyclic) bond motifs is 1. The van der Waals surface area contributed by atoms with Crippen LogP contribution in [0.15, 0.2) is 59.7 Å². The fourth-order valence-corrected chi connectivity index (χ4v) is 5.45. The van der Waals surface area contributed by atoms with Gasteiger partial charge in [0.05, 0.1) is 28.7 Å². The van der Waals surface area contributed by atoms with Gasteiger partial charge in [-0.15, -0.1) is 0 Å². The average molecular weight is 603 g/mol. The van der Waals surface area contributed by atoms with E-state index in [4.69, 9.17) is 21.3 Å². The quantitative estimate of drug-likeness (QED) is 0.209. The van der Waals surface area contributed by atoms with Crippen LogP contribution in [0.2, 0.25) is 5.02 Å². The molecule has 6 nitrogen and oxygen atoms in total. The summed E-state index contributed by atoms with van der Waals surface area (Å²) in [7, 11) is 0. The number of halogens is 3. The molecule has 0 saturated heterocycles. The highest BCUT2D eigenvalue weighted by atomic mass is 35.5. The molecule has 2 atom stereocenters. The van der Waals surface area contributed by atoms with E-state index in [1.807, 2.05) is 32.9 Å². The summed E-state index contributed by atoms with van der Waals surface area (Å²) in [6.07, 6.45) is 1.20. The molecule has 2 unspecified atom stereocenters. The predicted molar refractivity (Wildman–Crippen MR) is 166 cm³/mol. The van der Waals surface area contributed by atoms with E-state index in [2.05, 4.69) is 15.3 Å². The summed E-state index contributed by atoms with van der Waals surface area (Å²) in [5.41, 5.74) is 7.26. The van der Waals surface area contributed by atoms with Crippen molar-refractivity contribution >= 4 is 28.9 Å². The van der Waals surface area contributed by atoms with E-state index in [1.165, 1.54) is 19.1 Å². The topological polar surface area (TPSA) is 76.5 Å². The first kappa shape index (κ1) is 30.3. The minimum absolute atomic E-state index is 0.161. The van der Waals surface area contributed by atoms with Crippen LogP contribution < -0.4 is 10.1 Å². The van der Waals surface area contributed by atoms with Gasteiger partial charge in [-0.2, -0.15) is 0 Å². The molecule has 2 aromatic carbocycles. The van der Waals surface area contributed by atoms with Gasteiger partial charge in [0.25, 0.3) is 5.91 Å². The third-order valence-corrected chi connectivity index (χ3v) is 8.18. The van der Waals surface area contributed by atoms with Crippen molar-refractivity contribution in [3.8, 4) is 17.0 Å². The molecule has 43 heavy (non-hydrogen) atoms. The van der Waals surface area contributed by atoms with Crippen molar-refractivity contribution in [2.75, 3.05) is 13.2 Å². The highest BCUT2D eigenvalue weighted by Gasteiger charge is 2.27. The molecule has 0 aliphatic carbocycles. The van der Waals surface area contributed by atoms with Gasteiger partial charge in [0.15, 0.2) is 0 Å². The van der Waals surface area contributed by atoms with Gasteiger partial charge in [-0.3, -0.25) is 14.8 Å². The van der Waals surface area contributed by atoms with Crippen LogP contribution in [-0.2, 0) is 6.42 Å². The summed E-state index contributed by atoms with van der Waals surface area (Å²) in [6.45, 7) is 9.28. The molecule has 1 N–H and O–H groups in total. The van der Waals surface area contributed by atoms with E-state index in [0.717, 1.165) is 16.7 Å². The molecule has 0 fully saturated rings. The minimum Gasteiger partial charge on any atom is -0.491 e. The number of aliphatic imine (C=N–C) groups is 1. The zero-order chi connectivity index (χ0) is 30.8. The first-order valence-electron chi connectivity index (χ1n) is 14.2. The molecular weight excluding hydrogens is 570 g/mol. The monoisotopic (exact) mass is 602 g/mol. The number of aryl methyl sites for hydroxylation is 3. The second kappa shape index (κ2) is 12.6. The Labute approximate surface area is 255 Å². The van der Waals surface area contributed by atoms with Gasteiger partial charge in [0, 0.05) is 47.5 Å². The number of aromatic nitrogens is 2. The van der Waals surface area contributed by atoms with Gasteiger partial charge in [-0.25, -0.2) is 13.8 Å². The fourth-order valence-electron chi connectivity index (χ4n) is 5.25. The maximum absolute atomic E-state index is 14.4. The zero-order valence-electron chi connectivity index (χ0n) is 24.8. The van der Waals surface area contributed by atoms with Crippen molar-refractivity contribution in [2.24, 2.45) is 4.99 Å². The van der Waals surface area contributed by atoms with Gasteiger partial charge in [0.1, 0.15) is 23.4 Å². The number of hydrogen-bond acceptors (Lipinski definition) is 5. The highest BCUT2D eigenvalue weighted by molar-refractivity contribution is 6.33. The normalized spacial score (nSPS) is 14.2. The first-order valence-corrected chi connectivity index (χ1v) is 14.5. The van der Waals surface area contributed by atoms with E-state index < -0.39 is 12.1 Å². The molecule has 0 spiro atoms. The number of hydrogen-bond donors (Lipinski definition) is 1. The van der Waals surface area contributed by atoms with Crippen LogP contribution in [0.25, 0.3) is 11.3 Å². The molecule has 4 aromatic rings. The van der Waals surface area contributed by atoms with E-state index >= 15 is 0 Å². The smallest absolute Gasteiger partial charge is 0.251 e. The van der Waals surface area contributed by atoms with E-state index in [-0.39, 0.29) is 18.3 Å². The third-order valence-electron chi connectivity index (χ3n) is 7.70. The Kier molecular flexibility index (Phi) is 8.87. The van der Waals surface area contributed by atoms with E-state index in [0.29, 0.717) is 69.0 Å². The average Bonchev–Trinajstić information content (AvgIpc) is 3.45. The summed E-state index contributed by atoms with van der Waals surface area (Å²) in [6, 6.07) is 13.6. The van der Waals surface area contributed by atoms with Gasteiger partial charge in [0.2, 0.25) is 0 Å². The van der Waals surface area contributed by atoms with E-state index in [1.54, 1.807) is 37.4 Å². The molecule has 2 aromatic heterocycles. The van der Waals surface area contributed by atoms with Crippen LogP contribution >= 0.6 is 11.6 Å². The lowest BCUT2D eigenvalue weighted by Crippen LogP contribution is -2.29. The lowest BCUT2D eigenvalue weighted by atomic mass is 9.92. The molecule has 1 amide bonds. The molecular formula is C34H33ClF2N4O2. The maximum atomic E-state index is 14.4. The number of benzene rings is 2. The Morgan fingerprint density at radius 1 is 1.14 bits per heavy atom. The summed E-state index contributed by atoms with van der Waals surface area (Å²) in [4.78, 5) is 27.1. The van der Waals surface area contributed by atoms with E-state index in [9.17, 15) is 13.6 Å². The van der Waals surface area contributed by atoms with Crippen molar-refractivity contribution in [1.82, 2.24) is 15.3 Å². The number of nitrogens with one attached hydrogen (secondary N) is 1. The van der Waals surface area contributed by atoms with Gasteiger partial charge in [-0.05, 0) is 87.7 Å². The summed E-state index contributed by atoms with van der Waals surface area (Å²) >= 11 is 6.66. The number of alkyl halides is 1. The van der Waals surface area contributed by atoms with Crippen molar-refractivity contribution in [2.45, 2.75) is 53.1 Å². The molecule has 5 rings (SSSR count). The number of pyridine rings is 2. The van der Waals surface area contributed by atoms with Crippen LogP contribution in [0.3, 0.4) is 0 Å². The Morgan fingerprint density at radius 2 is 1.88 bits per heavy atom. The van der Waals surface area contributed by atoms with Gasteiger partial charge >= 0.3 is 0 Å². The number of carbonyl (C=O) groups excluding carboxylic acids is 1. The molecule has 222 valence electrons. The summed E-state index contributed by atoms with van der Waals surface area (Å²) in [5.74, 6) is -0.474. The van der Waals surface area contributed by atoms with Crippen molar-refractivity contribution in [3.63, 3.8) is 0 Å². The largest absolute Gasteiger partial charge is 0.491 e. The molecule has 3 heterocycles. The second-order valence-electron chi connectivity index (χ2n) is 10.9. The Morgan fingerprint density at radius 3 is 2.58 bits per heavy atom. The number of nitrogens with zero attached hydrogens (tertiary/aromatic N) is 3. The maximum Gasteiger partial charge on any atom is 0.251 e. The highest BCUT2D eigenvalue weighted by Crippen LogP contribution is 2.41. The molecule has 0 radical (unpaired) electrons. The lowest BCUT2D eigenvalue weighted by molar-refractivity contribution is 0.0952. The third kappa shape index (κ3) is 6.44. The van der Waals surface area contributed by atoms with Crippen LogP contribution in [0.4, 0.5) is 14.5 Å². The zero-order valence-corrected chi connectivity index (χ0v) is 25.5. The van der Waals surface area contributed by atoms with Gasteiger partial charge < -0.3 is 10.1 Å². The first-order chi connectivity index (χ1) is 20.5. The van der Waals surface area contributed by atoms with Crippen LogP contribution in [0, 0.1) is 26.6 Å². The van der Waals surface area contributed by atoms with Crippen molar-refractivity contribution < 1.29 is 18.3 Å². The summed E-state index contributed by atoms with van der Waals surface area (Å²) < 4.78 is 34.1. The SMILES string of the molecule is CC(=Nc1c(C)cc(C(=O)NCC(c2cccc(F)c2)c2cc3c(c(-c4ccnc(C)c4Cl)n2)OCC3)cc1C)C(C)F. The van der Waals surface area contributed by atoms with Crippen LogP contribution in [0.1, 0.15) is 63.8 Å².